The predicted octanol–water partition coefficient (Wildman–Crippen LogP) is 4.24. The number of nitrogens with two attached hydrogens (primary N) is 2. The maximum Gasteiger partial charge on any atom is 0.341 e. The summed E-state index contributed by atoms with van der Waals surface area (Å²) in [7, 11) is 3.41. The minimum absolute atomic E-state index is 0.109. The summed E-state index contributed by atoms with van der Waals surface area (Å²) in [5.74, 6) is 2.57. The van der Waals surface area contributed by atoms with Gasteiger partial charge in [-0.25, -0.2) is 4.79 Å². The highest BCUT2D eigenvalue weighted by molar-refractivity contribution is 8.76. The van der Waals surface area contributed by atoms with Gasteiger partial charge in [0.1, 0.15) is 45.8 Å². The molecule has 6 atom stereocenters. The van der Waals surface area contributed by atoms with Crippen molar-refractivity contribution in [1.82, 2.24) is 10.6 Å². The Morgan fingerprint density at radius 2 is 1.98 bits per heavy atom. The first-order valence-electron chi connectivity index (χ1n) is 16.6. The number of phenolic OH excluding ortho intramolecular Hbond substituents is 1. The third kappa shape index (κ3) is 5.25. The Kier molecular flexibility index (Phi) is 7.72. The Bertz CT molecular complexity index is 1900. The molecule has 0 amide bonds. The smallest absolute Gasteiger partial charge is 0.341 e. The first-order valence-corrected chi connectivity index (χ1v) is 19.0. The van der Waals surface area contributed by atoms with E-state index in [9.17, 15) is 14.7 Å². The number of benzene rings is 1. The average molecular weight is 693 g/mol. The van der Waals surface area contributed by atoms with Gasteiger partial charge in [0.15, 0.2) is 11.0 Å². The van der Waals surface area contributed by atoms with Gasteiger partial charge in [0, 0.05) is 53.7 Å². The Morgan fingerprint density at radius 1 is 1.12 bits per heavy atom. The number of aryl methyl sites for hydroxylation is 1. The molecule has 4 bridgehead atoms. The van der Waals surface area contributed by atoms with Crippen molar-refractivity contribution in [1.29, 1.82) is 0 Å². The lowest BCUT2D eigenvalue weighted by Gasteiger charge is -2.47. The molecule has 0 aliphatic carbocycles. The van der Waals surface area contributed by atoms with E-state index in [1.165, 1.54) is 6.07 Å². The van der Waals surface area contributed by atoms with E-state index in [0.29, 0.717) is 85.3 Å². The number of epoxide rings is 1. The summed E-state index contributed by atoms with van der Waals surface area (Å²) in [4.78, 5) is 27.1. The molecule has 0 saturated carbocycles. The quantitative estimate of drug-likeness (QED) is 0.151. The Morgan fingerprint density at radius 3 is 2.83 bits per heavy atom. The van der Waals surface area contributed by atoms with Gasteiger partial charge in [-0.05, 0) is 63.2 Å². The molecule has 7 heterocycles. The van der Waals surface area contributed by atoms with Crippen LogP contribution in [0.2, 0.25) is 0 Å². The molecule has 1 spiro atoms. The number of carbonyl (C=O) groups excluding carboxylic acids is 1. The van der Waals surface area contributed by atoms with Crippen LogP contribution in [0.4, 0.5) is 0 Å². The number of carbonyl (C=O) groups is 1. The Labute approximate surface area is 285 Å². The van der Waals surface area contributed by atoms with Crippen LogP contribution in [0, 0.1) is 6.92 Å². The Hall–Kier alpha value is -3.68. The van der Waals surface area contributed by atoms with Crippen LogP contribution in [0.15, 0.2) is 67.9 Å². The van der Waals surface area contributed by atoms with Crippen LogP contribution in [0.1, 0.15) is 62.7 Å². The Balaban J connectivity index is 1.17. The summed E-state index contributed by atoms with van der Waals surface area (Å²) in [6.45, 7) is 4.31. The van der Waals surface area contributed by atoms with Gasteiger partial charge in [0.05, 0.1) is 18.0 Å². The van der Waals surface area contributed by atoms with E-state index in [-0.39, 0.29) is 40.2 Å². The van der Waals surface area contributed by atoms with E-state index >= 15 is 0 Å². The molecule has 1 aromatic carbocycles. The van der Waals surface area contributed by atoms with Gasteiger partial charge in [-0.2, -0.15) is 0 Å². The molecule has 0 radical (unpaired) electrons. The monoisotopic (exact) mass is 692 g/mol. The lowest BCUT2D eigenvalue weighted by Crippen LogP contribution is -2.55. The minimum Gasteiger partial charge on any atom is -0.507 e. The van der Waals surface area contributed by atoms with Crippen molar-refractivity contribution in [3.05, 3.63) is 80.3 Å². The van der Waals surface area contributed by atoms with Gasteiger partial charge >= 0.3 is 5.97 Å². The highest BCUT2D eigenvalue weighted by atomic mass is 33.1. The molecule has 48 heavy (non-hydrogen) atoms. The number of nitrogens with one attached hydrogen (secondary N) is 2. The number of aromatic hydroxyl groups is 1. The van der Waals surface area contributed by atoms with E-state index in [2.05, 4.69) is 22.8 Å². The fourth-order valence-corrected chi connectivity index (χ4v) is 10.5. The van der Waals surface area contributed by atoms with Crippen LogP contribution in [-0.4, -0.2) is 58.6 Å². The third-order valence-corrected chi connectivity index (χ3v) is 12.9. The topological polar surface area (TPSA) is 175 Å². The van der Waals surface area contributed by atoms with E-state index in [4.69, 9.17) is 30.1 Å². The van der Waals surface area contributed by atoms with Crippen molar-refractivity contribution in [3.8, 4) is 11.5 Å². The molecule has 2 fully saturated rings. The summed E-state index contributed by atoms with van der Waals surface area (Å²) in [6.07, 6.45) is 8.99. The molecule has 13 heteroatoms. The summed E-state index contributed by atoms with van der Waals surface area (Å²) < 4.78 is 25.3. The number of ether oxygens (including phenoxy) is 3. The highest BCUT2D eigenvalue weighted by Crippen LogP contribution is 2.55. The average Bonchev–Trinajstić information content (AvgIpc) is 3.74. The zero-order valence-corrected chi connectivity index (χ0v) is 28.6. The summed E-state index contributed by atoms with van der Waals surface area (Å²) in [6, 6.07) is 2.96. The second kappa shape index (κ2) is 11.7. The van der Waals surface area contributed by atoms with Gasteiger partial charge in [-0.1, -0.05) is 33.7 Å². The maximum atomic E-state index is 14.1. The SMILES string of the molecule is Cc1cc(=O)c2c(O)c3c(cc2o1)OC1(C)CCSSCC2=C(N)NCC=C2C2C=C(C=C(N)N2)CCC2OC24CCCC3C1OC4=O. The van der Waals surface area contributed by atoms with Crippen LogP contribution in [-0.2, 0) is 14.3 Å². The fraction of sp³-hybridized carbons (Fsp3) is 0.486. The molecule has 6 aliphatic heterocycles. The van der Waals surface area contributed by atoms with Gasteiger partial charge in [0.2, 0.25) is 0 Å². The lowest BCUT2D eigenvalue weighted by molar-refractivity contribution is -0.175. The molecule has 6 aliphatic rings. The number of dihydropyridines is 2. The van der Waals surface area contributed by atoms with Crippen LogP contribution >= 0.6 is 21.6 Å². The van der Waals surface area contributed by atoms with E-state index in [1.54, 1.807) is 34.6 Å². The molecular formula is C35H40N4O7S2. The number of rotatable bonds is 0. The second-order valence-corrected chi connectivity index (χ2v) is 16.3. The van der Waals surface area contributed by atoms with E-state index < -0.39 is 23.3 Å². The number of fused-ring (bicyclic) bond motifs is 7. The van der Waals surface area contributed by atoms with Crippen molar-refractivity contribution < 1.29 is 28.5 Å². The predicted molar refractivity (Wildman–Crippen MR) is 185 cm³/mol. The van der Waals surface area contributed by atoms with Crippen LogP contribution in [0.5, 0.6) is 11.5 Å². The second-order valence-electron chi connectivity index (χ2n) is 13.7. The molecule has 1 aromatic heterocycles. The molecule has 2 aromatic rings. The summed E-state index contributed by atoms with van der Waals surface area (Å²) in [5.41, 5.74) is 14.6. The van der Waals surface area contributed by atoms with Crippen LogP contribution in [0.3, 0.4) is 0 Å². The number of hydrogen-bond acceptors (Lipinski definition) is 13. The minimum atomic E-state index is -1.02. The number of allylic oxidation sites excluding steroid dienone is 2. The molecule has 7 N–H and O–H groups in total. The number of phenols is 1. The van der Waals surface area contributed by atoms with Gasteiger partial charge < -0.3 is 45.8 Å². The summed E-state index contributed by atoms with van der Waals surface area (Å²) in [5, 5.41) is 18.4. The molecule has 2 saturated heterocycles. The zero-order chi connectivity index (χ0) is 33.4. The molecule has 8 rings (SSSR count). The van der Waals surface area contributed by atoms with Crippen LogP contribution in [0.25, 0.3) is 11.0 Å². The van der Waals surface area contributed by atoms with Crippen molar-refractivity contribution in [2.45, 2.75) is 87.7 Å². The molecule has 11 nitrogen and oxygen atoms in total. The highest BCUT2D eigenvalue weighted by Gasteiger charge is 2.65. The zero-order valence-electron chi connectivity index (χ0n) is 26.9. The maximum absolute atomic E-state index is 14.1. The van der Waals surface area contributed by atoms with Crippen LogP contribution < -0.4 is 32.3 Å². The van der Waals surface area contributed by atoms with Crippen molar-refractivity contribution in [2.24, 2.45) is 11.5 Å². The summed E-state index contributed by atoms with van der Waals surface area (Å²) >= 11 is 0. The first kappa shape index (κ1) is 31.6. The van der Waals surface area contributed by atoms with Crippen molar-refractivity contribution >= 4 is 38.5 Å². The van der Waals surface area contributed by atoms with Gasteiger partial charge in [-0.15, -0.1) is 0 Å². The van der Waals surface area contributed by atoms with E-state index in [1.807, 2.05) is 13.0 Å². The van der Waals surface area contributed by atoms with Crippen molar-refractivity contribution in [3.63, 3.8) is 0 Å². The normalized spacial score (nSPS) is 33.3. The number of hydrogen-bond donors (Lipinski definition) is 5. The number of esters is 1. The standard InChI is InChI=1S/C35H40N4O7S2/c1-17-12-23(40)29-24(43-17)15-25-28(30(29)41)20-4-3-8-35-26(46-35)6-5-18-13-22(39-27(36)14-18)19-7-10-38-32(37)21(19)16-48-47-11-9-34(2,45-25)31(20)44-33(35)42/h7,12-15,20,22,26,31,38-39,41H,3-6,8-11,16,36-37H2,1-2H3. The molecular weight excluding hydrogens is 653 g/mol. The molecule has 6 unspecified atom stereocenters. The van der Waals surface area contributed by atoms with Gasteiger partial charge in [-0.3, -0.25) is 4.79 Å². The largest absolute Gasteiger partial charge is 0.507 e. The third-order valence-electron chi connectivity index (χ3n) is 10.6. The molecule has 254 valence electrons. The van der Waals surface area contributed by atoms with Crippen molar-refractivity contribution in [2.75, 3.05) is 18.1 Å². The first-order chi connectivity index (χ1) is 23.1. The van der Waals surface area contributed by atoms with Gasteiger partial charge in [0.25, 0.3) is 0 Å². The fourth-order valence-electron chi connectivity index (χ4n) is 8.13. The lowest BCUT2D eigenvalue weighted by atomic mass is 9.74. The van der Waals surface area contributed by atoms with E-state index in [0.717, 1.165) is 16.7 Å².